The van der Waals surface area contributed by atoms with E-state index >= 15 is 0 Å². The molecule has 124 valence electrons. The Morgan fingerprint density at radius 3 is 2.39 bits per heavy atom. The molecule has 2 rings (SSSR count). The molecule has 1 saturated heterocycles. The molecule has 1 aromatic rings. The van der Waals surface area contributed by atoms with Gasteiger partial charge in [0.15, 0.2) is 0 Å². The topological polar surface area (TPSA) is 78.5 Å². The highest BCUT2D eigenvalue weighted by atomic mass is 79.9. The predicted molar refractivity (Wildman–Crippen MR) is 89.2 cm³/mol. The Morgan fingerprint density at radius 1 is 1.30 bits per heavy atom. The lowest BCUT2D eigenvalue weighted by Crippen LogP contribution is -2.52. The van der Waals surface area contributed by atoms with E-state index in [2.05, 4.69) is 26.7 Å². The molecule has 1 fully saturated rings. The molecule has 0 bridgehead atoms. The molecular weight excluding hydrogens is 362 g/mol. The van der Waals surface area contributed by atoms with Crippen LogP contribution in [0.25, 0.3) is 0 Å². The minimum Gasteiger partial charge on any atom is -0.321 e. The first-order chi connectivity index (χ1) is 10.8. The van der Waals surface area contributed by atoms with E-state index in [1.54, 1.807) is 12.1 Å². The standard InChI is InChI=1S/C16H20BrN3O3/c1-4-16(10(2)3)14(22)20(15(23)18-16)19-13(21)9-11-5-7-12(17)8-6-11/h5-8,10H,4,9H2,1-3H3,(H,18,23)(H,19,21). The second kappa shape index (κ2) is 6.70. The number of nitrogens with one attached hydrogen (secondary N) is 2. The summed E-state index contributed by atoms with van der Waals surface area (Å²) in [7, 11) is 0. The third-order valence-corrected chi connectivity index (χ3v) is 4.70. The van der Waals surface area contributed by atoms with Crippen molar-refractivity contribution in [3.63, 3.8) is 0 Å². The maximum absolute atomic E-state index is 12.6. The molecule has 1 heterocycles. The summed E-state index contributed by atoms with van der Waals surface area (Å²) in [5.41, 5.74) is 2.24. The van der Waals surface area contributed by atoms with E-state index in [-0.39, 0.29) is 12.3 Å². The van der Waals surface area contributed by atoms with Crippen molar-refractivity contribution in [2.45, 2.75) is 39.2 Å². The number of imide groups is 1. The van der Waals surface area contributed by atoms with Gasteiger partial charge in [-0.2, -0.15) is 5.01 Å². The van der Waals surface area contributed by atoms with Gasteiger partial charge in [0.1, 0.15) is 5.54 Å². The van der Waals surface area contributed by atoms with Crippen LogP contribution in [-0.2, 0) is 16.0 Å². The Balaban J connectivity index is 2.07. The van der Waals surface area contributed by atoms with Crippen LogP contribution in [0.15, 0.2) is 28.7 Å². The molecule has 0 radical (unpaired) electrons. The molecule has 7 heteroatoms. The molecule has 1 aromatic carbocycles. The molecule has 4 amide bonds. The maximum atomic E-state index is 12.6. The van der Waals surface area contributed by atoms with E-state index in [1.807, 2.05) is 32.9 Å². The van der Waals surface area contributed by atoms with Crippen molar-refractivity contribution in [2.24, 2.45) is 5.92 Å². The summed E-state index contributed by atoms with van der Waals surface area (Å²) in [6.07, 6.45) is 0.555. The lowest BCUT2D eigenvalue weighted by Gasteiger charge is -2.29. The second-order valence-corrected chi connectivity index (χ2v) is 6.80. The Hall–Kier alpha value is -1.89. The normalized spacial score (nSPS) is 20.8. The zero-order chi connectivity index (χ0) is 17.2. The lowest BCUT2D eigenvalue weighted by atomic mass is 9.84. The molecule has 1 unspecified atom stereocenters. The average molecular weight is 382 g/mol. The largest absolute Gasteiger partial charge is 0.344 e. The minimum absolute atomic E-state index is 0.0719. The quantitative estimate of drug-likeness (QED) is 0.768. The molecule has 0 aromatic heterocycles. The van der Waals surface area contributed by atoms with E-state index in [0.717, 1.165) is 15.0 Å². The van der Waals surface area contributed by atoms with Crippen molar-refractivity contribution in [3.05, 3.63) is 34.3 Å². The Kier molecular flexibility index (Phi) is 5.09. The van der Waals surface area contributed by atoms with Crippen molar-refractivity contribution in [2.75, 3.05) is 0 Å². The number of hydrazine groups is 1. The minimum atomic E-state index is -0.956. The van der Waals surface area contributed by atoms with Gasteiger partial charge < -0.3 is 5.32 Å². The van der Waals surface area contributed by atoms with Crippen LogP contribution in [0, 0.1) is 5.92 Å². The van der Waals surface area contributed by atoms with E-state index in [0.29, 0.717) is 6.42 Å². The number of urea groups is 1. The summed E-state index contributed by atoms with van der Waals surface area (Å²) < 4.78 is 0.917. The van der Waals surface area contributed by atoms with Gasteiger partial charge in [0.05, 0.1) is 6.42 Å². The first-order valence-corrected chi connectivity index (χ1v) is 8.30. The van der Waals surface area contributed by atoms with E-state index < -0.39 is 23.4 Å². The van der Waals surface area contributed by atoms with Gasteiger partial charge in [0, 0.05) is 4.47 Å². The zero-order valence-electron chi connectivity index (χ0n) is 13.4. The molecule has 1 aliphatic rings. The van der Waals surface area contributed by atoms with Gasteiger partial charge in [-0.05, 0) is 30.0 Å². The number of amides is 4. The third kappa shape index (κ3) is 3.39. The summed E-state index contributed by atoms with van der Waals surface area (Å²) in [5.74, 6) is -0.895. The first kappa shape index (κ1) is 17.5. The number of hydrogen-bond acceptors (Lipinski definition) is 3. The fraction of sp³-hybridized carbons (Fsp3) is 0.438. The average Bonchev–Trinajstić information content (AvgIpc) is 2.74. The van der Waals surface area contributed by atoms with Gasteiger partial charge in [-0.25, -0.2) is 4.79 Å². The van der Waals surface area contributed by atoms with Gasteiger partial charge in [0.25, 0.3) is 5.91 Å². The SMILES string of the molecule is CCC1(C(C)C)NC(=O)N(NC(=O)Cc2ccc(Br)cc2)C1=O. The van der Waals surface area contributed by atoms with Crippen LogP contribution in [0.5, 0.6) is 0 Å². The van der Waals surface area contributed by atoms with Crippen LogP contribution >= 0.6 is 15.9 Å². The predicted octanol–water partition coefficient (Wildman–Crippen LogP) is 2.38. The van der Waals surface area contributed by atoms with Crippen molar-refractivity contribution in [1.29, 1.82) is 0 Å². The highest BCUT2D eigenvalue weighted by molar-refractivity contribution is 9.10. The molecule has 0 spiro atoms. The fourth-order valence-electron chi connectivity index (χ4n) is 2.68. The number of nitrogens with zero attached hydrogens (tertiary/aromatic N) is 1. The second-order valence-electron chi connectivity index (χ2n) is 5.89. The highest BCUT2D eigenvalue weighted by Gasteiger charge is 2.52. The van der Waals surface area contributed by atoms with Crippen LogP contribution < -0.4 is 10.7 Å². The highest BCUT2D eigenvalue weighted by Crippen LogP contribution is 2.28. The molecule has 1 atom stereocenters. The molecule has 1 aliphatic heterocycles. The molecule has 23 heavy (non-hydrogen) atoms. The number of carbonyl (C=O) groups excluding carboxylic acids is 3. The Morgan fingerprint density at radius 2 is 1.91 bits per heavy atom. The van der Waals surface area contributed by atoms with Crippen molar-refractivity contribution < 1.29 is 14.4 Å². The molecule has 0 saturated carbocycles. The fourth-order valence-corrected chi connectivity index (χ4v) is 2.95. The summed E-state index contributed by atoms with van der Waals surface area (Å²) in [5, 5.41) is 3.51. The van der Waals surface area contributed by atoms with E-state index in [4.69, 9.17) is 0 Å². The van der Waals surface area contributed by atoms with Gasteiger partial charge in [-0.3, -0.25) is 15.0 Å². The maximum Gasteiger partial charge on any atom is 0.344 e. The molecule has 0 aliphatic carbocycles. The number of rotatable bonds is 5. The van der Waals surface area contributed by atoms with Crippen LogP contribution in [0.2, 0.25) is 0 Å². The summed E-state index contributed by atoms with van der Waals surface area (Å²) >= 11 is 3.33. The summed E-state index contributed by atoms with van der Waals surface area (Å²) in [6.45, 7) is 5.58. The smallest absolute Gasteiger partial charge is 0.321 e. The molecule has 6 nitrogen and oxygen atoms in total. The van der Waals surface area contributed by atoms with Crippen LogP contribution in [0.3, 0.4) is 0 Å². The zero-order valence-corrected chi connectivity index (χ0v) is 14.9. The van der Waals surface area contributed by atoms with Crippen LogP contribution in [0.1, 0.15) is 32.8 Å². The monoisotopic (exact) mass is 381 g/mol. The summed E-state index contributed by atoms with van der Waals surface area (Å²) in [4.78, 5) is 36.8. The van der Waals surface area contributed by atoms with E-state index in [1.165, 1.54) is 0 Å². The van der Waals surface area contributed by atoms with Gasteiger partial charge >= 0.3 is 6.03 Å². The van der Waals surface area contributed by atoms with Crippen molar-refractivity contribution in [1.82, 2.24) is 15.8 Å². The van der Waals surface area contributed by atoms with Crippen LogP contribution in [-0.4, -0.2) is 28.4 Å². The molecule has 2 N–H and O–H groups in total. The lowest BCUT2D eigenvalue weighted by molar-refractivity contribution is -0.140. The number of hydrogen-bond donors (Lipinski definition) is 2. The first-order valence-electron chi connectivity index (χ1n) is 7.50. The van der Waals surface area contributed by atoms with Gasteiger partial charge in [0.2, 0.25) is 5.91 Å². The van der Waals surface area contributed by atoms with E-state index in [9.17, 15) is 14.4 Å². The van der Waals surface area contributed by atoms with Crippen LogP contribution in [0.4, 0.5) is 4.79 Å². The molecular formula is C16H20BrN3O3. The number of halogens is 1. The number of carbonyl (C=O) groups is 3. The number of benzene rings is 1. The van der Waals surface area contributed by atoms with Crippen molar-refractivity contribution in [3.8, 4) is 0 Å². The van der Waals surface area contributed by atoms with Gasteiger partial charge in [-0.1, -0.05) is 48.8 Å². The third-order valence-electron chi connectivity index (χ3n) is 4.18. The Bertz CT molecular complexity index is 630. The summed E-state index contributed by atoms with van der Waals surface area (Å²) in [6, 6.07) is 6.68. The van der Waals surface area contributed by atoms with Crippen molar-refractivity contribution >= 4 is 33.8 Å². The van der Waals surface area contributed by atoms with Gasteiger partial charge in [-0.15, -0.1) is 0 Å². The Labute approximate surface area is 143 Å².